The van der Waals surface area contributed by atoms with Gasteiger partial charge >= 0.3 is 0 Å². The second-order valence-corrected chi connectivity index (χ2v) is 6.31. The highest BCUT2D eigenvalue weighted by atomic mass is 15.3. The lowest BCUT2D eigenvalue weighted by molar-refractivity contribution is 0.487. The minimum atomic E-state index is 0.358. The molecule has 4 rings (SSSR count). The topological polar surface area (TPSA) is 41.6 Å². The fourth-order valence-corrected chi connectivity index (χ4v) is 3.14. The molecule has 2 aliphatic rings. The van der Waals surface area contributed by atoms with Crippen molar-refractivity contribution in [3.05, 3.63) is 48.0 Å². The van der Waals surface area contributed by atoms with Gasteiger partial charge in [0.15, 0.2) is 5.96 Å². The maximum Gasteiger partial charge on any atom is 0.191 e. The highest BCUT2D eigenvalue weighted by Gasteiger charge is 2.40. The highest BCUT2D eigenvalue weighted by Crippen LogP contribution is 2.46. The molecule has 108 valence electrons. The van der Waals surface area contributed by atoms with Gasteiger partial charge in [0.25, 0.3) is 0 Å². The van der Waals surface area contributed by atoms with Crippen LogP contribution in [0.3, 0.4) is 0 Å². The number of benzene rings is 2. The molecule has 0 amide bonds. The molecule has 0 aliphatic heterocycles. The van der Waals surface area contributed by atoms with Gasteiger partial charge in [0.2, 0.25) is 0 Å². The minimum Gasteiger partial charge on any atom is -0.370 e. The molecule has 0 aromatic heterocycles. The predicted molar refractivity (Wildman–Crippen MR) is 87.5 cm³/mol. The number of hydrogen-bond acceptors (Lipinski definition) is 1. The lowest BCUT2D eigenvalue weighted by atomic mass is 10.0. The molecular weight excluding hydrogens is 258 g/mol. The summed E-state index contributed by atoms with van der Waals surface area (Å²) >= 11 is 0. The third-order valence-corrected chi connectivity index (χ3v) is 4.73. The second kappa shape index (κ2) is 4.76. The first-order chi connectivity index (χ1) is 10.2. The summed E-state index contributed by atoms with van der Waals surface area (Å²) in [4.78, 5) is 6.87. The van der Waals surface area contributed by atoms with Crippen molar-refractivity contribution >= 4 is 16.7 Å². The van der Waals surface area contributed by atoms with Gasteiger partial charge in [-0.2, -0.15) is 0 Å². The molecule has 0 unspecified atom stereocenters. The van der Waals surface area contributed by atoms with E-state index in [4.69, 9.17) is 10.7 Å². The average molecular weight is 279 g/mol. The van der Waals surface area contributed by atoms with Crippen LogP contribution in [0.15, 0.2) is 47.5 Å². The molecule has 3 heteroatoms. The van der Waals surface area contributed by atoms with Crippen molar-refractivity contribution < 1.29 is 0 Å². The molecule has 21 heavy (non-hydrogen) atoms. The van der Waals surface area contributed by atoms with Crippen molar-refractivity contribution in [3.63, 3.8) is 0 Å². The summed E-state index contributed by atoms with van der Waals surface area (Å²) in [6.45, 7) is 0. The number of hydrogen-bond donors (Lipinski definition) is 1. The fraction of sp³-hybridized carbons (Fsp3) is 0.389. The Morgan fingerprint density at radius 2 is 1.90 bits per heavy atom. The van der Waals surface area contributed by atoms with Crippen LogP contribution in [0.2, 0.25) is 0 Å². The van der Waals surface area contributed by atoms with Crippen LogP contribution in [0.4, 0.5) is 0 Å². The maximum atomic E-state index is 6.13. The number of guanidine groups is 1. The molecule has 2 aliphatic carbocycles. The fourth-order valence-electron chi connectivity index (χ4n) is 3.14. The monoisotopic (exact) mass is 279 g/mol. The van der Waals surface area contributed by atoms with Crippen molar-refractivity contribution in [2.75, 3.05) is 7.05 Å². The quantitative estimate of drug-likeness (QED) is 0.693. The van der Waals surface area contributed by atoms with Gasteiger partial charge in [0.1, 0.15) is 0 Å². The molecule has 2 saturated carbocycles. The van der Waals surface area contributed by atoms with E-state index in [9.17, 15) is 0 Å². The van der Waals surface area contributed by atoms with Gasteiger partial charge < -0.3 is 10.6 Å². The Bertz CT molecular complexity index is 697. The first-order valence-corrected chi connectivity index (χ1v) is 7.78. The van der Waals surface area contributed by atoms with Gasteiger partial charge in [-0.05, 0) is 35.6 Å². The molecule has 2 fully saturated rings. The van der Waals surface area contributed by atoms with Gasteiger partial charge in [-0.15, -0.1) is 0 Å². The van der Waals surface area contributed by atoms with Crippen LogP contribution < -0.4 is 5.73 Å². The van der Waals surface area contributed by atoms with Crippen molar-refractivity contribution in [1.29, 1.82) is 0 Å². The SMILES string of the molecule is CN(C(N)=N[C@@H]1C[C@H]1c1cccc2ccccc12)C1CC1. The summed E-state index contributed by atoms with van der Waals surface area (Å²) in [5.74, 6) is 1.24. The van der Waals surface area contributed by atoms with Crippen molar-refractivity contribution in [3.8, 4) is 0 Å². The Morgan fingerprint density at radius 3 is 2.71 bits per heavy atom. The Kier molecular flexibility index (Phi) is 2.88. The highest BCUT2D eigenvalue weighted by molar-refractivity contribution is 5.87. The van der Waals surface area contributed by atoms with E-state index in [1.54, 1.807) is 0 Å². The number of aliphatic imine (C=N–C) groups is 1. The molecule has 0 radical (unpaired) electrons. The third-order valence-electron chi connectivity index (χ3n) is 4.73. The summed E-state index contributed by atoms with van der Waals surface area (Å²) in [6.07, 6.45) is 3.63. The Morgan fingerprint density at radius 1 is 1.14 bits per heavy atom. The van der Waals surface area contributed by atoms with E-state index in [2.05, 4.69) is 54.4 Å². The van der Waals surface area contributed by atoms with Gasteiger partial charge in [-0.3, -0.25) is 0 Å². The third kappa shape index (κ3) is 2.37. The van der Waals surface area contributed by atoms with Crippen LogP contribution in [0.25, 0.3) is 10.8 Å². The molecular formula is C18H21N3. The van der Waals surface area contributed by atoms with E-state index >= 15 is 0 Å². The van der Waals surface area contributed by atoms with Crippen molar-refractivity contribution in [2.24, 2.45) is 10.7 Å². The summed E-state index contributed by atoms with van der Waals surface area (Å²) in [7, 11) is 2.06. The minimum absolute atomic E-state index is 0.358. The van der Waals surface area contributed by atoms with Crippen LogP contribution in [0.5, 0.6) is 0 Å². The first-order valence-electron chi connectivity index (χ1n) is 7.78. The van der Waals surface area contributed by atoms with E-state index in [1.165, 1.54) is 29.2 Å². The van der Waals surface area contributed by atoms with Crippen LogP contribution in [0, 0.1) is 0 Å². The van der Waals surface area contributed by atoms with E-state index in [1.807, 2.05) is 0 Å². The lowest BCUT2D eigenvalue weighted by Gasteiger charge is -2.16. The van der Waals surface area contributed by atoms with E-state index in [0.29, 0.717) is 24.0 Å². The van der Waals surface area contributed by atoms with Crippen molar-refractivity contribution in [1.82, 2.24) is 4.90 Å². The normalized spacial score (nSPS) is 25.1. The van der Waals surface area contributed by atoms with Gasteiger partial charge in [-0.1, -0.05) is 42.5 Å². The summed E-state index contributed by atoms with van der Waals surface area (Å²) in [5, 5.41) is 2.67. The van der Waals surface area contributed by atoms with Crippen LogP contribution >= 0.6 is 0 Å². The van der Waals surface area contributed by atoms with Crippen LogP contribution in [-0.2, 0) is 0 Å². The zero-order valence-electron chi connectivity index (χ0n) is 12.4. The number of nitrogens with two attached hydrogens (primary N) is 1. The first kappa shape index (κ1) is 12.7. The Labute approximate surface area is 125 Å². The number of rotatable bonds is 3. The standard InChI is InChI=1S/C18H21N3/c1-21(13-9-10-13)18(19)20-17-11-16(17)15-8-4-6-12-5-2-3-7-14(12)15/h2-8,13,16-17H,9-11H2,1H3,(H2,19,20)/t16-,17+/m0/s1. The zero-order valence-corrected chi connectivity index (χ0v) is 12.4. The summed E-state index contributed by atoms with van der Waals surface area (Å²) in [6, 6.07) is 16.1. The van der Waals surface area contributed by atoms with E-state index in [0.717, 1.165) is 6.42 Å². The predicted octanol–water partition coefficient (Wildman–Crippen LogP) is 3.10. The molecule has 3 nitrogen and oxygen atoms in total. The Balaban J connectivity index is 1.57. The summed E-state index contributed by atoms with van der Waals surface area (Å²) in [5.41, 5.74) is 7.55. The molecule has 0 spiro atoms. The van der Waals surface area contributed by atoms with Gasteiger partial charge in [0, 0.05) is 19.0 Å². The smallest absolute Gasteiger partial charge is 0.191 e. The second-order valence-electron chi connectivity index (χ2n) is 6.31. The van der Waals surface area contributed by atoms with E-state index in [-0.39, 0.29) is 0 Å². The largest absolute Gasteiger partial charge is 0.370 e. The van der Waals surface area contributed by atoms with Gasteiger partial charge in [0.05, 0.1) is 6.04 Å². The molecule has 0 heterocycles. The average Bonchev–Trinajstić information content (AvgIpc) is 3.40. The Hall–Kier alpha value is -2.03. The number of fused-ring (bicyclic) bond motifs is 1. The molecule has 2 N–H and O–H groups in total. The van der Waals surface area contributed by atoms with Gasteiger partial charge in [-0.25, -0.2) is 4.99 Å². The maximum absolute atomic E-state index is 6.13. The van der Waals surface area contributed by atoms with E-state index < -0.39 is 0 Å². The summed E-state index contributed by atoms with van der Waals surface area (Å²) < 4.78 is 0. The van der Waals surface area contributed by atoms with Crippen LogP contribution in [0.1, 0.15) is 30.7 Å². The molecule has 2 aromatic rings. The molecule has 2 aromatic carbocycles. The van der Waals surface area contributed by atoms with Crippen LogP contribution in [-0.4, -0.2) is 30.0 Å². The molecule has 0 bridgehead atoms. The molecule has 2 atom stereocenters. The number of nitrogens with zero attached hydrogens (tertiary/aromatic N) is 2. The molecule has 0 saturated heterocycles. The zero-order chi connectivity index (χ0) is 14.4. The lowest BCUT2D eigenvalue weighted by Crippen LogP contribution is -2.36. The van der Waals surface area contributed by atoms with Crippen molar-refractivity contribution in [2.45, 2.75) is 37.3 Å².